The topological polar surface area (TPSA) is 123 Å². The molecule has 0 radical (unpaired) electrons. The largest absolute Gasteiger partial charge is 0.494 e. The third kappa shape index (κ3) is 3.76. The summed E-state index contributed by atoms with van der Waals surface area (Å²) in [7, 11) is 1.33. The van der Waals surface area contributed by atoms with Crippen LogP contribution in [0.4, 0.5) is 0 Å². The quantitative estimate of drug-likeness (QED) is 0.569. The normalized spacial score (nSPS) is 14.8. The highest BCUT2D eigenvalue weighted by Gasteiger charge is 2.35. The molecule has 8 nitrogen and oxygen atoms in total. The summed E-state index contributed by atoms with van der Waals surface area (Å²) in [5, 5.41) is 17.1. The highest BCUT2D eigenvalue weighted by Crippen LogP contribution is 2.45. The maximum atomic E-state index is 11.8. The maximum absolute atomic E-state index is 11.8. The lowest BCUT2D eigenvalue weighted by molar-refractivity contribution is 0.0600. The van der Waals surface area contributed by atoms with Gasteiger partial charge in [0.1, 0.15) is 17.4 Å². The van der Waals surface area contributed by atoms with Gasteiger partial charge >= 0.3 is 5.97 Å². The molecule has 0 amide bonds. The highest BCUT2D eigenvalue weighted by atomic mass is 16.5. The van der Waals surface area contributed by atoms with E-state index in [2.05, 4.69) is 23.2 Å². The van der Waals surface area contributed by atoms with Gasteiger partial charge in [-0.1, -0.05) is 19.1 Å². The first-order valence-electron chi connectivity index (χ1n) is 10.1. The zero-order chi connectivity index (χ0) is 22.7. The van der Waals surface area contributed by atoms with Crippen molar-refractivity contribution in [2.75, 3.05) is 13.7 Å². The first-order valence-corrected chi connectivity index (χ1v) is 10.1. The smallest absolute Gasteiger partial charge is 0.337 e. The standard InChI is InChI=1S/C24H22N4O4/c1-3-12-31-17-10-8-15(9-11-17)21-20-19(14-4-6-16(7-5-14)24(29)30-2)18(13-25)22(26)32-23(20)28-27-21/h4-11,19H,3,12,26H2,1-2H3,(H,27,28). The average Bonchev–Trinajstić information content (AvgIpc) is 3.25. The minimum atomic E-state index is -0.514. The molecule has 162 valence electrons. The molecular weight excluding hydrogens is 408 g/mol. The highest BCUT2D eigenvalue weighted by molar-refractivity contribution is 5.89. The molecule has 0 bridgehead atoms. The number of esters is 1. The van der Waals surface area contributed by atoms with Crippen LogP contribution in [-0.2, 0) is 4.74 Å². The number of H-pyrrole nitrogens is 1. The van der Waals surface area contributed by atoms with Crippen LogP contribution in [0.2, 0.25) is 0 Å². The predicted octanol–water partition coefficient (Wildman–Crippen LogP) is 3.87. The van der Waals surface area contributed by atoms with Gasteiger partial charge in [0.05, 0.1) is 36.5 Å². The average molecular weight is 430 g/mol. The molecule has 4 rings (SSSR count). The van der Waals surface area contributed by atoms with E-state index in [1.165, 1.54) is 7.11 Å². The summed E-state index contributed by atoms with van der Waals surface area (Å²) in [4.78, 5) is 11.8. The van der Waals surface area contributed by atoms with Gasteiger partial charge in [-0.25, -0.2) is 4.79 Å². The van der Waals surface area contributed by atoms with E-state index in [1.807, 2.05) is 24.3 Å². The molecule has 1 aliphatic heterocycles. The van der Waals surface area contributed by atoms with E-state index >= 15 is 0 Å². The zero-order valence-corrected chi connectivity index (χ0v) is 17.7. The van der Waals surface area contributed by atoms with E-state index in [0.29, 0.717) is 29.3 Å². The number of carbonyl (C=O) groups is 1. The van der Waals surface area contributed by atoms with Gasteiger partial charge in [0.25, 0.3) is 0 Å². The van der Waals surface area contributed by atoms with Crippen molar-refractivity contribution < 1.29 is 19.0 Å². The monoisotopic (exact) mass is 430 g/mol. The van der Waals surface area contributed by atoms with Crippen molar-refractivity contribution in [3.8, 4) is 29.0 Å². The number of nitriles is 1. The summed E-state index contributed by atoms with van der Waals surface area (Å²) in [6.07, 6.45) is 0.925. The number of ether oxygens (including phenoxy) is 3. The third-order valence-electron chi connectivity index (χ3n) is 5.22. The molecular formula is C24H22N4O4. The Kier molecular flexibility index (Phi) is 5.81. The fourth-order valence-electron chi connectivity index (χ4n) is 3.67. The summed E-state index contributed by atoms with van der Waals surface area (Å²) in [5.41, 5.74) is 9.76. The molecule has 1 atom stereocenters. The summed E-state index contributed by atoms with van der Waals surface area (Å²) in [6, 6.07) is 16.6. The minimum Gasteiger partial charge on any atom is -0.494 e. The van der Waals surface area contributed by atoms with Crippen LogP contribution in [-0.4, -0.2) is 29.9 Å². The lowest BCUT2D eigenvalue weighted by atomic mass is 9.83. The van der Waals surface area contributed by atoms with Crippen LogP contribution in [0.25, 0.3) is 11.3 Å². The number of aromatic nitrogens is 2. The number of nitrogens with one attached hydrogen (secondary N) is 1. The Hall–Kier alpha value is -4.25. The molecule has 1 unspecified atom stereocenters. The number of carbonyl (C=O) groups excluding carboxylic acids is 1. The minimum absolute atomic E-state index is 0.00316. The molecule has 0 spiro atoms. The van der Waals surface area contributed by atoms with Crippen molar-refractivity contribution in [2.24, 2.45) is 5.73 Å². The zero-order valence-electron chi connectivity index (χ0n) is 17.7. The molecule has 0 fully saturated rings. The number of allylic oxidation sites excluding steroid dienone is 1. The predicted molar refractivity (Wildman–Crippen MR) is 117 cm³/mol. The molecule has 0 saturated heterocycles. The SMILES string of the molecule is CCCOc1ccc(-c2[nH]nc3c2C(c2ccc(C(=O)OC)cc2)C(C#N)=C(N)O3)cc1. The lowest BCUT2D eigenvalue weighted by Crippen LogP contribution is -2.21. The van der Waals surface area contributed by atoms with Crippen molar-refractivity contribution in [3.05, 3.63) is 76.7 Å². The van der Waals surface area contributed by atoms with Crippen molar-refractivity contribution in [1.29, 1.82) is 5.26 Å². The molecule has 3 aromatic rings. The first-order chi connectivity index (χ1) is 15.6. The van der Waals surface area contributed by atoms with E-state index in [1.54, 1.807) is 24.3 Å². The first kappa shape index (κ1) is 21.0. The Morgan fingerprint density at radius 1 is 1.22 bits per heavy atom. The fourth-order valence-corrected chi connectivity index (χ4v) is 3.67. The Morgan fingerprint density at radius 3 is 2.56 bits per heavy atom. The lowest BCUT2D eigenvalue weighted by Gasteiger charge is -2.24. The second kappa shape index (κ2) is 8.86. The summed E-state index contributed by atoms with van der Waals surface area (Å²) in [6.45, 7) is 2.70. The molecule has 32 heavy (non-hydrogen) atoms. The molecule has 0 saturated carbocycles. The molecule has 2 heterocycles. The fraction of sp³-hybridized carbons (Fsp3) is 0.208. The van der Waals surface area contributed by atoms with Crippen molar-refractivity contribution >= 4 is 5.97 Å². The van der Waals surface area contributed by atoms with Gasteiger partial charge in [0.15, 0.2) is 0 Å². The van der Waals surface area contributed by atoms with Gasteiger partial charge in [0.2, 0.25) is 11.8 Å². The van der Waals surface area contributed by atoms with Gasteiger partial charge in [-0.2, -0.15) is 5.26 Å². The van der Waals surface area contributed by atoms with Crippen molar-refractivity contribution in [1.82, 2.24) is 10.2 Å². The molecule has 1 aliphatic rings. The van der Waals surface area contributed by atoms with Crippen LogP contribution in [0.15, 0.2) is 60.0 Å². The van der Waals surface area contributed by atoms with Crippen LogP contribution in [0.1, 0.15) is 40.7 Å². The number of hydrogen-bond acceptors (Lipinski definition) is 7. The molecule has 1 aromatic heterocycles. The van der Waals surface area contributed by atoms with E-state index in [0.717, 1.165) is 23.3 Å². The maximum Gasteiger partial charge on any atom is 0.337 e. The molecule has 8 heteroatoms. The Balaban J connectivity index is 1.78. The molecule has 2 aromatic carbocycles. The molecule has 3 N–H and O–H groups in total. The number of aromatic amines is 1. The second-order valence-electron chi connectivity index (χ2n) is 7.23. The number of benzene rings is 2. The van der Waals surface area contributed by atoms with Gasteiger partial charge in [-0.05, 0) is 48.4 Å². The number of nitrogens with two attached hydrogens (primary N) is 1. The number of fused-ring (bicyclic) bond motifs is 1. The summed E-state index contributed by atoms with van der Waals surface area (Å²) < 4.78 is 16.1. The van der Waals surface area contributed by atoms with E-state index in [9.17, 15) is 10.1 Å². The van der Waals surface area contributed by atoms with Crippen LogP contribution in [0.5, 0.6) is 11.6 Å². The van der Waals surface area contributed by atoms with Gasteiger partial charge in [0, 0.05) is 5.56 Å². The summed E-state index contributed by atoms with van der Waals surface area (Å²) >= 11 is 0. The number of hydrogen-bond donors (Lipinski definition) is 2. The van der Waals surface area contributed by atoms with Gasteiger partial charge in [-0.15, -0.1) is 5.10 Å². The van der Waals surface area contributed by atoms with Gasteiger partial charge < -0.3 is 19.9 Å². The second-order valence-corrected chi connectivity index (χ2v) is 7.23. The summed E-state index contributed by atoms with van der Waals surface area (Å²) in [5.74, 6) is 0.139. The van der Waals surface area contributed by atoms with Crippen LogP contribution < -0.4 is 15.2 Å². The van der Waals surface area contributed by atoms with E-state index in [-0.39, 0.29) is 11.5 Å². The van der Waals surface area contributed by atoms with Crippen LogP contribution in [0.3, 0.4) is 0 Å². The van der Waals surface area contributed by atoms with Crippen LogP contribution in [0, 0.1) is 11.3 Å². The molecule has 0 aliphatic carbocycles. The third-order valence-corrected chi connectivity index (χ3v) is 5.22. The Morgan fingerprint density at radius 2 is 1.94 bits per heavy atom. The van der Waals surface area contributed by atoms with Crippen molar-refractivity contribution in [2.45, 2.75) is 19.3 Å². The van der Waals surface area contributed by atoms with Crippen LogP contribution >= 0.6 is 0 Å². The van der Waals surface area contributed by atoms with Crippen molar-refractivity contribution in [3.63, 3.8) is 0 Å². The Bertz CT molecular complexity index is 1200. The van der Waals surface area contributed by atoms with E-state index in [4.69, 9.17) is 19.9 Å². The number of nitrogens with zero attached hydrogens (tertiary/aromatic N) is 2. The number of rotatable bonds is 6. The van der Waals surface area contributed by atoms with E-state index < -0.39 is 11.9 Å². The Labute approximate surface area is 185 Å². The van der Waals surface area contributed by atoms with Gasteiger partial charge in [-0.3, -0.25) is 5.10 Å². The number of methoxy groups -OCH3 is 1.